The van der Waals surface area contributed by atoms with Gasteiger partial charge in [0, 0.05) is 32.1 Å². The summed E-state index contributed by atoms with van der Waals surface area (Å²) in [6.45, 7) is 3.78. The molecule has 32 heavy (non-hydrogen) atoms. The van der Waals surface area contributed by atoms with Gasteiger partial charge in [0.05, 0.1) is 14.2 Å². The molecule has 1 unspecified atom stereocenters. The molecule has 1 aromatic carbocycles. The van der Waals surface area contributed by atoms with Crippen molar-refractivity contribution in [3.8, 4) is 11.5 Å². The van der Waals surface area contributed by atoms with Crippen LogP contribution < -0.4 is 20.1 Å². The Hall–Kier alpha value is -2.01. The number of methoxy groups -OCH3 is 2. The smallest absolute Gasteiger partial charge is 0.243 e. The first-order chi connectivity index (χ1) is 14.9. The van der Waals surface area contributed by atoms with Crippen molar-refractivity contribution < 1.29 is 14.3 Å². The van der Waals surface area contributed by atoms with Crippen molar-refractivity contribution in [2.24, 2.45) is 10.9 Å². The molecule has 2 aromatic rings. The maximum Gasteiger partial charge on any atom is 0.243 e. The number of ether oxygens (including phenoxy) is 2. The van der Waals surface area contributed by atoms with Gasteiger partial charge in [-0.2, -0.15) is 0 Å². The van der Waals surface area contributed by atoms with Crippen LogP contribution in [-0.4, -0.2) is 64.7 Å². The molecule has 9 heteroatoms. The molecule has 0 fully saturated rings. The second-order valence-electron chi connectivity index (χ2n) is 7.59. The molecule has 2 rings (SSSR count). The lowest BCUT2D eigenvalue weighted by Crippen LogP contribution is -2.41. The number of carbonyl (C=O) groups is 1. The summed E-state index contributed by atoms with van der Waals surface area (Å²) in [5.74, 6) is 2.45. The van der Waals surface area contributed by atoms with Crippen molar-refractivity contribution in [2.75, 3.05) is 47.9 Å². The van der Waals surface area contributed by atoms with Crippen molar-refractivity contribution in [1.29, 1.82) is 0 Å². The number of thiophene rings is 1. The van der Waals surface area contributed by atoms with E-state index in [0.29, 0.717) is 11.9 Å². The number of nitrogens with zero attached hydrogens (tertiary/aromatic N) is 2. The molecule has 0 aliphatic carbocycles. The van der Waals surface area contributed by atoms with Crippen LogP contribution in [0.4, 0.5) is 0 Å². The first-order valence-corrected chi connectivity index (χ1v) is 11.3. The molecule has 1 atom stereocenters. The number of hydrogen-bond acceptors (Lipinski definition) is 5. The van der Waals surface area contributed by atoms with E-state index in [1.54, 1.807) is 44.6 Å². The minimum Gasteiger partial charge on any atom is -0.493 e. The zero-order chi connectivity index (χ0) is 22.6. The Morgan fingerprint density at radius 2 is 1.91 bits per heavy atom. The van der Waals surface area contributed by atoms with Crippen molar-refractivity contribution in [1.82, 2.24) is 15.5 Å². The molecule has 0 aliphatic rings. The Labute approximate surface area is 212 Å². The summed E-state index contributed by atoms with van der Waals surface area (Å²) in [7, 11) is 6.75. The summed E-state index contributed by atoms with van der Waals surface area (Å²) in [4.78, 5) is 19.3. The van der Waals surface area contributed by atoms with E-state index in [4.69, 9.17) is 9.47 Å². The van der Waals surface area contributed by atoms with Crippen molar-refractivity contribution in [2.45, 2.75) is 19.8 Å². The third-order valence-electron chi connectivity index (χ3n) is 4.77. The molecule has 0 saturated carbocycles. The van der Waals surface area contributed by atoms with E-state index in [9.17, 15) is 4.79 Å². The Balaban J connectivity index is 0.00000512. The third kappa shape index (κ3) is 9.64. The van der Waals surface area contributed by atoms with Gasteiger partial charge in [-0.15, -0.1) is 35.3 Å². The Morgan fingerprint density at radius 1 is 1.16 bits per heavy atom. The Kier molecular flexibility index (Phi) is 13.1. The maximum atomic E-state index is 11.9. The molecule has 1 aromatic heterocycles. The molecule has 0 spiro atoms. The highest BCUT2D eigenvalue weighted by Gasteiger charge is 2.10. The highest BCUT2D eigenvalue weighted by molar-refractivity contribution is 14.0. The van der Waals surface area contributed by atoms with Gasteiger partial charge in [0.15, 0.2) is 17.5 Å². The van der Waals surface area contributed by atoms with E-state index in [0.717, 1.165) is 37.4 Å². The number of likely N-dealkylation sites (N-methyl/N-ethyl adjacent to an activating group) is 1. The number of guanidine groups is 1. The maximum absolute atomic E-state index is 11.9. The molecule has 7 nitrogen and oxygen atoms in total. The zero-order valence-electron chi connectivity index (χ0n) is 19.5. The lowest BCUT2D eigenvalue weighted by Gasteiger charge is -2.17. The van der Waals surface area contributed by atoms with E-state index in [1.807, 2.05) is 12.1 Å². The lowest BCUT2D eigenvalue weighted by molar-refractivity contribution is -0.127. The van der Waals surface area contributed by atoms with Gasteiger partial charge in [0.2, 0.25) is 5.91 Å². The molecule has 0 saturated heterocycles. The third-order valence-corrected chi connectivity index (χ3v) is 5.70. The Morgan fingerprint density at radius 3 is 2.53 bits per heavy atom. The van der Waals surface area contributed by atoms with Gasteiger partial charge in [-0.3, -0.25) is 4.79 Å². The van der Waals surface area contributed by atoms with Gasteiger partial charge in [-0.1, -0.05) is 19.1 Å². The molecular formula is C23H35IN4O3S. The average molecular weight is 575 g/mol. The van der Waals surface area contributed by atoms with Crippen LogP contribution in [0.15, 0.2) is 40.7 Å². The van der Waals surface area contributed by atoms with Gasteiger partial charge in [-0.05, 0) is 47.9 Å². The van der Waals surface area contributed by atoms with Crippen molar-refractivity contribution in [3.05, 3.63) is 46.2 Å². The average Bonchev–Trinajstić information content (AvgIpc) is 3.28. The summed E-state index contributed by atoms with van der Waals surface area (Å²) >= 11 is 1.74. The van der Waals surface area contributed by atoms with E-state index >= 15 is 0 Å². The van der Waals surface area contributed by atoms with Gasteiger partial charge in [0.25, 0.3) is 0 Å². The molecule has 0 aliphatic heterocycles. The van der Waals surface area contributed by atoms with Crippen LogP contribution in [-0.2, 0) is 17.6 Å². The van der Waals surface area contributed by atoms with Crippen LogP contribution in [0.25, 0.3) is 0 Å². The SMILES string of the molecule is COc1ccc(CC(C)CNC(=NCC(=O)N(C)C)NCCc2cccs2)cc1OC.I. The number of rotatable bonds is 11. The number of aliphatic imine (C=N–C) groups is 1. The fraction of sp³-hybridized carbons (Fsp3) is 0.478. The van der Waals surface area contributed by atoms with Gasteiger partial charge >= 0.3 is 0 Å². The highest BCUT2D eigenvalue weighted by Crippen LogP contribution is 2.28. The van der Waals surface area contributed by atoms with Crippen LogP contribution >= 0.6 is 35.3 Å². The van der Waals surface area contributed by atoms with E-state index < -0.39 is 0 Å². The summed E-state index contributed by atoms with van der Waals surface area (Å²) in [6.07, 6.45) is 1.80. The number of benzene rings is 1. The fourth-order valence-electron chi connectivity index (χ4n) is 2.97. The Bertz CT molecular complexity index is 844. The van der Waals surface area contributed by atoms with Crippen LogP contribution in [0.1, 0.15) is 17.4 Å². The first-order valence-electron chi connectivity index (χ1n) is 10.4. The van der Waals surface area contributed by atoms with Gasteiger partial charge in [-0.25, -0.2) is 4.99 Å². The van der Waals surface area contributed by atoms with Crippen LogP contribution in [0, 0.1) is 5.92 Å². The van der Waals surface area contributed by atoms with Gasteiger partial charge < -0.3 is 25.0 Å². The minimum absolute atomic E-state index is 0. The largest absolute Gasteiger partial charge is 0.493 e. The second kappa shape index (κ2) is 14.9. The molecule has 0 radical (unpaired) electrons. The van der Waals surface area contributed by atoms with Crippen LogP contribution in [0.3, 0.4) is 0 Å². The summed E-state index contributed by atoms with van der Waals surface area (Å²) in [6, 6.07) is 10.2. The van der Waals surface area contributed by atoms with Crippen LogP contribution in [0.5, 0.6) is 11.5 Å². The van der Waals surface area contributed by atoms with Crippen molar-refractivity contribution >= 4 is 47.2 Å². The summed E-state index contributed by atoms with van der Waals surface area (Å²) < 4.78 is 10.7. The standard InChI is InChI=1S/C23H34N4O3S.HI/c1-17(13-18-8-9-20(29-4)21(14-18)30-5)15-25-23(26-16-22(28)27(2)3)24-11-10-19-7-6-12-31-19;/h6-9,12,14,17H,10-11,13,15-16H2,1-5H3,(H2,24,25,26);1H. The molecule has 0 bridgehead atoms. The summed E-state index contributed by atoms with van der Waals surface area (Å²) in [5, 5.41) is 8.80. The number of nitrogens with one attached hydrogen (secondary N) is 2. The predicted octanol–water partition coefficient (Wildman–Crippen LogP) is 3.43. The fourth-order valence-corrected chi connectivity index (χ4v) is 3.68. The van der Waals surface area contributed by atoms with E-state index in [2.05, 4.69) is 46.1 Å². The zero-order valence-corrected chi connectivity index (χ0v) is 22.7. The lowest BCUT2D eigenvalue weighted by atomic mass is 10.0. The van der Waals surface area contributed by atoms with Crippen molar-refractivity contribution in [3.63, 3.8) is 0 Å². The normalized spacial score (nSPS) is 11.8. The van der Waals surface area contributed by atoms with E-state index in [1.165, 1.54) is 10.4 Å². The predicted molar refractivity (Wildman–Crippen MR) is 143 cm³/mol. The topological polar surface area (TPSA) is 75.2 Å². The molecular weight excluding hydrogens is 539 g/mol. The summed E-state index contributed by atoms with van der Waals surface area (Å²) in [5.41, 5.74) is 1.18. The first kappa shape index (κ1) is 28.0. The second-order valence-corrected chi connectivity index (χ2v) is 8.62. The number of carbonyl (C=O) groups excluding carboxylic acids is 1. The van der Waals surface area contributed by atoms with Gasteiger partial charge in [0.1, 0.15) is 6.54 Å². The van der Waals surface area contributed by atoms with Crippen LogP contribution in [0.2, 0.25) is 0 Å². The molecule has 2 N–H and O–H groups in total. The monoisotopic (exact) mass is 574 g/mol. The molecule has 178 valence electrons. The number of hydrogen-bond donors (Lipinski definition) is 2. The number of amides is 1. The van der Waals surface area contributed by atoms with E-state index in [-0.39, 0.29) is 36.4 Å². The molecule has 1 heterocycles. The quantitative estimate of drug-likeness (QED) is 0.245. The molecule has 1 amide bonds. The highest BCUT2D eigenvalue weighted by atomic mass is 127. The number of halogens is 1. The minimum atomic E-state index is -0.0299.